The van der Waals surface area contributed by atoms with Gasteiger partial charge in [0.2, 0.25) is 5.91 Å². The Balaban J connectivity index is 2.09. The molecule has 3 heteroatoms. The molecule has 3 nitrogen and oxygen atoms in total. The topological polar surface area (TPSA) is 29.5 Å². The molecule has 3 aliphatic heterocycles. The van der Waals surface area contributed by atoms with Gasteiger partial charge in [0.15, 0.2) is 0 Å². The third kappa shape index (κ3) is 1.65. The average molecular weight is 197 g/mol. The van der Waals surface area contributed by atoms with Crippen LogP contribution in [0.15, 0.2) is 0 Å². The van der Waals surface area contributed by atoms with Crippen LogP contribution in [0.25, 0.3) is 0 Å². The van der Waals surface area contributed by atoms with Crippen LogP contribution in [0.4, 0.5) is 0 Å². The third-order valence-electron chi connectivity index (χ3n) is 3.09. The summed E-state index contributed by atoms with van der Waals surface area (Å²) in [4.78, 5) is 14.1. The summed E-state index contributed by atoms with van der Waals surface area (Å²) in [7, 11) is 0. The summed E-state index contributed by atoms with van der Waals surface area (Å²) in [6.07, 6.45) is 2.54. The van der Waals surface area contributed by atoms with E-state index in [2.05, 4.69) is 0 Å². The zero-order valence-electron chi connectivity index (χ0n) is 9.25. The van der Waals surface area contributed by atoms with E-state index in [0.29, 0.717) is 12.1 Å². The van der Waals surface area contributed by atoms with Gasteiger partial charge in [-0.3, -0.25) is 4.79 Å². The van der Waals surface area contributed by atoms with Crippen LogP contribution in [0.1, 0.15) is 33.6 Å². The van der Waals surface area contributed by atoms with Crippen LogP contribution in [-0.2, 0) is 9.53 Å². The standard InChI is InChI=1S/C11H19NO2/c1-11(2,3)10(13)12-6-9-5-4-8(12)7-14-9/h8-9H,4-7H2,1-3H3/t8-,9?/m1/s1. The lowest BCUT2D eigenvalue weighted by molar-refractivity contribution is -0.162. The molecule has 0 radical (unpaired) electrons. The first-order chi connectivity index (χ1) is 6.48. The van der Waals surface area contributed by atoms with Crippen molar-refractivity contribution in [3.63, 3.8) is 0 Å². The number of carbonyl (C=O) groups is 1. The maximum atomic E-state index is 12.1. The zero-order valence-corrected chi connectivity index (χ0v) is 9.25. The number of carbonyl (C=O) groups excluding carboxylic acids is 1. The number of piperidine rings is 1. The number of nitrogens with zero attached hydrogens (tertiary/aromatic N) is 1. The fourth-order valence-corrected chi connectivity index (χ4v) is 2.23. The van der Waals surface area contributed by atoms with Gasteiger partial charge >= 0.3 is 0 Å². The maximum absolute atomic E-state index is 12.1. The zero-order chi connectivity index (χ0) is 10.3. The summed E-state index contributed by atoms with van der Waals surface area (Å²) in [6, 6.07) is 0.340. The number of ether oxygens (including phenoxy) is 1. The fourth-order valence-electron chi connectivity index (χ4n) is 2.23. The van der Waals surface area contributed by atoms with E-state index in [-0.39, 0.29) is 11.3 Å². The van der Waals surface area contributed by atoms with E-state index in [0.717, 1.165) is 26.0 Å². The second-order valence-corrected chi connectivity index (χ2v) is 5.39. The summed E-state index contributed by atoms with van der Waals surface area (Å²) < 4.78 is 5.58. The fraction of sp³-hybridized carbons (Fsp3) is 0.909. The molecule has 80 valence electrons. The Bertz CT molecular complexity index is 236. The highest BCUT2D eigenvalue weighted by Gasteiger charge is 2.40. The number of fused-ring (bicyclic) bond motifs is 3. The van der Waals surface area contributed by atoms with E-state index in [1.807, 2.05) is 25.7 Å². The smallest absolute Gasteiger partial charge is 0.228 e. The molecule has 3 saturated heterocycles. The lowest BCUT2D eigenvalue weighted by atomic mass is 9.90. The van der Waals surface area contributed by atoms with Gasteiger partial charge in [-0.1, -0.05) is 20.8 Å². The molecule has 0 aliphatic carbocycles. The minimum atomic E-state index is -0.252. The molecule has 3 aliphatic rings. The van der Waals surface area contributed by atoms with Gasteiger partial charge in [0.25, 0.3) is 0 Å². The second kappa shape index (κ2) is 3.23. The van der Waals surface area contributed by atoms with E-state index in [9.17, 15) is 4.79 Å². The van der Waals surface area contributed by atoms with Gasteiger partial charge < -0.3 is 9.64 Å². The highest BCUT2D eigenvalue weighted by Crippen LogP contribution is 2.30. The van der Waals surface area contributed by atoms with E-state index in [4.69, 9.17) is 4.74 Å². The van der Waals surface area contributed by atoms with Crippen LogP contribution in [0, 0.1) is 5.41 Å². The molecule has 3 rings (SSSR count). The minimum absolute atomic E-state index is 0.252. The Morgan fingerprint density at radius 3 is 2.43 bits per heavy atom. The van der Waals surface area contributed by atoms with Crippen LogP contribution < -0.4 is 0 Å². The number of rotatable bonds is 0. The van der Waals surface area contributed by atoms with Crippen LogP contribution in [0.3, 0.4) is 0 Å². The van der Waals surface area contributed by atoms with Gasteiger partial charge in [0.05, 0.1) is 18.8 Å². The molecule has 1 unspecified atom stereocenters. The molecule has 0 aromatic carbocycles. The first kappa shape index (κ1) is 9.97. The minimum Gasteiger partial charge on any atom is -0.374 e. The summed E-state index contributed by atoms with van der Waals surface area (Å²) in [5, 5.41) is 0. The summed E-state index contributed by atoms with van der Waals surface area (Å²) >= 11 is 0. The average Bonchev–Trinajstić information content (AvgIpc) is 2.17. The van der Waals surface area contributed by atoms with Crippen molar-refractivity contribution in [2.75, 3.05) is 13.2 Å². The van der Waals surface area contributed by atoms with Crippen molar-refractivity contribution in [2.45, 2.75) is 45.8 Å². The van der Waals surface area contributed by atoms with Gasteiger partial charge in [-0.2, -0.15) is 0 Å². The molecule has 2 bridgehead atoms. The van der Waals surface area contributed by atoms with E-state index in [1.54, 1.807) is 0 Å². The SMILES string of the molecule is CC(C)(C)C(=O)N1CC2CC[C@@H]1CO2. The van der Waals surface area contributed by atoms with Crippen molar-refractivity contribution in [3.8, 4) is 0 Å². The predicted octanol–water partition coefficient (Wildman–Crippen LogP) is 1.42. The Kier molecular flexibility index (Phi) is 2.30. The molecular formula is C11H19NO2. The second-order valence-electron chi connectivity index (χ2n) is 5.39. The summed E-state index contributed by atoms with van der Waals surface area (Å²) in [5.74, 6) is 0.274. The molecule has 2 atom stereocenters. The highest BCUT2D eigenvalue weighted by molar-refractivity contribution is 5.82. The van der Waals surface area contributed by atoms with E-state index < -0.39 is 0 Å². The van der Waals surface area contributed by atoms with Gasteiger partial charge in [0, 0.05) is 12.0 Å². The van der Waals surface area contributed by atoms with Crippen molar-refractivity contribution in [1.29, 1.82) is 0 Å². The number of hydrogen-bond donors (Lipinski definition) is 0. The number of amides is 1. The molecular weight excluding hydrogens is 178 g/mol. The lowest BCUT2D eigenvalue weighted by Crippen LogP contribution is -2.58. The Labute approximate surface area is 85.4 Å². The summed E-state index contributed by atoms with van der Waals surface area (Å²) in [5.41, 5.74) is -0.252. The summed E-state index contributed by atoms with van der Waals surface area (Å²) in [6.45, 7) is 7.50. The molecule has 14 heavy (non-hydrogen) atoms. The van der Waals surface area contributed by atoms with E-state index in [1.165, 1.54) is 0 Å². The Hall–Kier alpha value is -0.570. The number of morpholine rings is 1. The predicted molar refractivity (Wildman–Crippen MR) is 53.9 cm³/mol. The van der Waals surface area contributed by atoms with Crippen LogP contribution in [0.5, 0.6) is 0 Å². The molecule has 0 saturated carbocycles. The quantitative estimate of drug-likeness (QED) is 0.588. The molecule has 3 heterocycles. The lowest BCUT2D eigenvalue weighted by Gasteiger charge is -2.47. The van der Waals surface area contributed by atoms with Crippen molar-refractivity contribution in [3.05, 3.63) is 0 Å². The molecule has 0 N–H and O–H groups in total. The van der Waals surface area contributed by atoms with Gasteiger partial charge in [-0.15, -0.1) is 0 Å². The molecule has 1 amide bonds. The Morgan fingerprint density at radius 1 is 1.36 bits per heavy atom. The number of hydrogen-bond acceptors (Lipinski definition) is 2. The van der Waals surface area contributed by atoms with Crippen LogP contribution in [-0.4, -0.2) is 36.1 Å². The van der Waals surface area contributed by atoms with Gasteiger partial charge in [-0.05, 0) is 12.8 Å². The van der Waals surface area contributed by atoms with Crippen molar-refractivity contribution in [2.24, 2.45) is 5.41 Å². The van der Waals surface area contributed by atoms with Crippen LogP contribution in [0.2, 0.25) is 0 Å². The normalized spacial score (nSPS) is 32.1. The van der Waals surface area contributed by atoms with Crippen molar-refractivity contribution < 1.29 is 9.53 Å². The largest absolute Gasteiger partial charge is 0.374 e. The molecule has 0 spiro atoms. The molecule has 0 aromatic rings. The molecule has 0 aromatic heterocycles. The van der Waals surface area contributed by atoms with Crippen molar-refractivity contribution in [1.82, 2.24) is 4.90 Å². The molecule has 3 fully saturated rings. The third-order valence-corrected chi connectivity index (χ3v) is 3.09. The van der Waals surface area contributed by atoms with Gasteiger partial charge in [0.1, 0.15) is 0 Å². The first-order valence-corrected chi connectivity index (χ1v) is 5.41. The monoisotopic (exact) mass is 197 g/mol. The first-order valence-electron chi connectivity index (χ1n) is 5.41. The van der Waals surface area contributed by atoms with Gasteiger partial charge in [-0.25, -0.2) is 0 Å². The van der Waals surface area contributed by atoms with Crippen LogP contribution >= 0.6 is 0 Å². The van der Waals surface area contributed by atoms with E-state index >= 15 is 0 Å². The van der Waals surface area contributed by atoms with Crippen molar-refractivity contribution >= 4 is 5.91 Å². The Morgan fingerprint density at radius 2 is 2.07 bits per heavy atom. The highest BCUT2D eigenvalue weighted by atomic mass is 16.5. The maximum Gasteiger partial charge on any atom is 0.228 e.